The largest absolute Gasteiger partial charge is 0.395 e. The molecule has 1 atom stereocenters. The molecular weight excluding hydrogens is 144 g/mol. The summed E-state index contributed by atoms with van der Waals surface area (Å²) in [5.74, 6) is 0. The molecule has 0 spiro atoms. The Kier molecular flexibility index (Phi) is 7.83. The number of hydrogen-bond acceptors (Lipinski definition) is 4. The first-order valence-corrected chi connectivity index (χ1v) is 4.02. The summed E-state index contributed by atoms with van der Waals surface area (Å²) in [6.45, 7) is 3.45. The zero-order chi connectivity index (χ0) is 8.53. The second kappa shape index (κ2) is 7.94. The third-order valence-corrected chi connectivity index (χ3v) is 1.33. The maximum Gasteiger partial charge on any atom is 0.0653 e. The van der Waals surface area contributed by atoms with Gasteiger partial charge in [-0.2, -0.15) is 0 Å². The summed E-state index contributed by atoms with van der Waals surface area (Å²) >= 11 is 0. The highest BCUT2D eigenvalue weighted by molar-refractivity contribution is 4.58. The van der Waals surface area contributed by atoms with Crippen LogP contribution in [0.25, 0.3) is 0 Å². The molecule has 0 rings (SSSR count). The van der Waals surface area contributed by atoms with Crippen molar-refractivity contribution in [2.75, 3.05) is 19.8 Å². The Hall–Kier alpha value is -0.160. The number of nitrogens with two attached hydrogens (primary N) is 1. The van der Waals surface area contributed by atoms with Crippen LogP contribution in [-0.4, -0.2) is 30.9 Å². The van der Waals surface area contributed by atoms with Crippen LogP contribution in [-0.2, 0) is 4.84 Å². The van der Waals surface area contributed by atoms with E-state index in [-0.39, 0.29) is 12.6 Å². The molecule has 11 heavy (non-hydrogen) atoms. The first-order valence-electron chi connectivity index (χ1n) is 4.02. The van der Waals surface area contributed by atoms with E-state index < -0.39 is 0 Å². The summed E-state index contributed by atoms with van der Waals surface area (Å²) in [5, 5.41) is 8.56. The summed E-state index contributed by atoms with van der Waals surface area (Å²) in [6.07, 6.45) is 1.76. The van der Waals surface area contributed by atoms with Crippen molar-refractivity contribution in [3.8, 4) is 0 Å². The van der Waals surface area contributed by atoms with Crippen LogP contribution in [0.15, 0.2) is 0 Å². The average Bonchev–Trinajstić information content (AvgIpc) is 2.04. The third kappa shape index (κ3) is 7.74. The third-order valence-electron chi connectivity index (χ3n) is 1.33. The SMILES string of the molecule is CCONCCCC(N)CO. The highest BCUT2D eigenvalue weighted by Gasteiger charge is 1.98. The minimum Gasteiger partial charge on any atom is -0.395 e. The fourth-order valence-electron chi connectivity index (χ4n) is 0.702. The van der Waals surface area contributed by atoms with Gasteiger partial charge in [-0.25, -0.2) is 5.48 Å². The highest BCUT2D eigenvalue weighted by atomic mass is 16.6. The van der Waals surface area contributed by atoms with Crippen molar-refractivity contribution in [3.05, 3.63) is 0 Å². The van der Waals surface area contributed by atoms with Gasteiger partial charge in [0.2, 0.25) is 0 Å². The molecule has 0 aromatic carbocycles. The van der Waals surface area contributed by atoms with Gasteiger partial charge >= 0.3 is 0 Å². The molecule has 0 aliphatic carbocycles. The molecule has 4 heteroatoms. The second-order valence-electron chi connectivity index (χ2n) is 2.41. The van der Waals surface area contributed by atoms with Crippen LogP contribution in [0.4, 0.5) is 0 Å². The Bertz CT molecular complexity index is 80.8. The molecule has 4 N–H and O–H groups in total. The Morgan fingerprint density at radius 2 is 2.36 bits per heavy atom. The first kappa shape index (κ1) is 10.8. The van der Waals surface area contributed by atoms with Gasteiger partial charge in [-0.05, 0) is 19.8 Å². The van der Waals surface area contributed by atoms with Crippen molar-refractivity contribution in [3.63, 3.8) is 0 Å². The number of hydrogen-bond donors (Lipinski definition) is 3. The molecule has 0 radical (unpaired) electrons. The van der Waals surface area contributed by atoms with Gasteiger partial charge in [-0.3, -0.25) is 0 Å². The maximum atomic E-state index is 8.56. The van der Waals surface area contributed by atoms with Gasteiger partial charge in [-0.15, -0.1) is 0 Å². The van der Waals surface area contributed by atoms with Crippen LogP contribution in [0, 0.1) is 0 Å². The van der Waals surface area contributed by atoms with E-state index in [1.165, 1.54) is 0 Å². The van der Waals surface area contributed by atoms with Crippen LogP contribution in [0.2, 0.25) is 0 Å². The molecule has 0 aromatic rings. The fraction of sp³-hybridized carbons (Fsp3) is 1.00. The van der Waals surface area contributed by atoms with Crippen LogP contribution in [0.3, 0.4) is 0 Å². The Morgan fingerprint density at radius 3 is 2.91 bits per heavy atom. The van der Waals surface area contributed by atoms with Crippen LogP contribution < -0.4 is 11.2 Å². The molecule has 68 valence electrons. The molecule has 0 heterocycles. The average molecular weight is 162 g/mol. The quantitative estimate of drug-likeness (QED) is 0.353. The molecule has 0 aromatic heterocycles. The summed E-state index contributed by atoms with van der Waals surface area (Å²) in [6, 6.07) is -0.0848. The molecule has 0 saturated heterocycles. The van der Waals surface area contributed by atoms with Crippen molar-refractivity contribution in [2.45, 2.75) is 25.8 Å². The van der Waals surface area contributed by atoms with Crippen molar-refractivity contribution in [1.29, 1.82) is 0 Å². The fourth-order valence-corrected chi connectivity index (χ4v) is 0.702. The zero-order valence-corrected chi connectivity index (χ0v) is 7.05. The predicted molar refractivity (Wildman–Crippen MR) is 43.9 cm³/mol. The monoisotopic (exact) mass is 162 g/mol. The highest BCUT2D eigenvalue weighted by Crippen LogP contribution is 1.91. The Morgan fingerprint density at radius 1 is 1.64 bits per heavy atom. The van der Waals surface area contributed by atoms with Crippen molar-refractivity contribution < 1.29 is 9.94 Å². The minimum atomic E-state index is -0.0848. The maximum absolute atomic E-state index is 8.56. The van der Waals surface area contributed by atoms with Gasteiger partial charge < -0.3 is 15.7 Å². The molecule has 0 bridgehead atoms. The van der Waals surface area contributed by atoms with Crippen molar-refractivity contribution >= 4 is 0 Å². The summed E-state index contributed by atoms with van der Waals surface area (Å²) in [7, 11) is 0. The number of aliphatic hydroxyl groups is 1. The van der Waals surface area contributed by atoms with Gasteiger partial charge in [0.1, 0.15) is 0 Å². The number of nitrogens with one attached hydrogen (secondary N) is 1. The van der Waals surface area contributed by atoms with Crippen LogP contribution in [0.5, 0.6) is 0 Å². The Labute approximate surface area is 67.7 Å². The standard InChI is InChI=1S/C7H18N2O2/c1-2-11-9-5-3-4-7(8)6-10/h7,9-10H,2-6,8H2,1H3. The van der Waals surface area contributed by atoms with Gasteiger partial charge in [0.05, 0.1) is 13.2 Å². The Balaban J connectivity index is 2.89. The van der Waals surface area contributed by atoms with Gasteiger partial charge in [0.15, 0.2) is 0 Å². The smallest absolute Gasteiger partial charge is 0.0653 e. The zero-order valence-electron chi connectivity index (χ0n) is 7.05. The van der Waals surface area contributed by atoms with Crippen molar-refractivity contribution in [1.82, 2.24) is 5.48 Å². The summed E-state index contributed by atoms with van der Waals surface area (Å²) in [4.78, 5) is 4.90. The molecule has 1 unspecified atom stereocenters. The number of aliphatic hydroxyl groups excluding tert-OH is 1. The predicted octanol–water partition coefficient (Wildman–Crippen LogP) is -0.373. The molecular formula is C7H18N2O2. The lowest BCUT2D eigenvalue weighted by molar-refractivity contribution is 0.0495. The molecule has 0 amide bonds. The normalized spacial score (nSPS) is 13.4. The number of rotatable bonds is 7. The second-order valence-corrected chi connectivity index (χ2v) is 2.41. The van der Waals surface area contributed by atoms with E-state index in [0.29, 0.717) is 6.61 Å². The van der Waals surface area contributed by atoms with E-state index in [2.05, 4.69) is 5.48 Å². The molecule has 0 fully saturated rings. The lowest BCUT2D eigenvalue weighted by Crippen LogP contribution is -2.26. The van der Waals surface area contributed by atoms with E-state index in [4.69, 9.17) is 15.7 Å². The summed E-state index contributed by atoms with van der Waals surface area (Å²) in [5.41, 5.74) is 8.25. The van der Waals surface area contributed by atoms with E-state index in [0.717, 1.165) is 19.4 Å². The molecule has 0 aliphatic rings. The molecule has 0 aliphatic heterocycles. The van der Waals surface area contributed by atoms with E-state index >= 15 is 0 Å². The minimum absolute atomic E-state index is 0.0641. The van der Waals surface area contributed by atoms with E-state index in [1.54, 1.807) is 0 Å². The first-order chi connectivity index (χ1) is 5.31. The van der Waals surface area contributed by atoms with E-state index in [9.17, 15) is 0 Å². The van der Waals surface area contributed by atoms with Gasteiger partial charge in [0.25, 0.3) is 0 Å². The van der Waals surface area contributed by atoms with Crippen LogP contribution in [0.1, 0.15) is 19.8 Å². The van der Waals surface area contributed by atoms with Gasteiger partial charge in [-0.1, -0.05) is 0 Å². The molecule has 4 nitrogen and oxygen atoms in total. The summed E-state index contributed by atoms with van der Waals surface area (Å²) < 4.78 is 0. The molecule has 0 saturated carbocycles. The van der Waals surface area contributed by atoms with Crippen molar-refractivity contribution in [2.24, 2.45) is 5.73 Å². The van der Waals surface area contributed by atoms with Gasteiger partial charge in [0, 0.05) is 12.6 Å². The van der Waals surface area contributed by atoms with E-state index in [1.807, 2.05) is 6.92 Å². The number of hydroxylamine groups is 1. The van der Waals surface area contributed by atoms with Crippen LogP contribution >= 0.6 is 0 Å². The lowest BCUT2D eigenvalue weighted by atomic mass is 10.2. The topological polar surface area (TPSA) is 67.5 Å². The lowest BCUT2D eigenvalue weighted by Gasteiger charge is -2.07.